The van der Waals surface area contributed by atoms with E-state index < -0.39 is 35.7 Å². The summed E-state index contributed by atoms with van der Waals surface area (Å²) in [6, 6.07) is 7.89. The number of carboxylic acids is 1. The molecule has 4 rings (SSSR count). The van der Waals surface area contributed by atoms with E-state index in [4.69, 9.17) is 9.63 Å². The van der Waals surface area contributed by atoms with Gasteiger partial charge in [0.05, 0.1) is 5.56 Å². The quantitative estimate of drug-likeness (QED) is 0.359. The van der Waals surface area contributed by atoms with Crippen LogP contribution in [0.1, 0.15) is 30.9 Å². The zero-order valence-corrected chi connectivity index (χ0v) is 19.4. The van der Waals surface area contributed by atoms with Gasteiger partial charge in [-0.05, 0) is 49.6 Å². The van der Waals surface area contributed by atoms with E-state index in [0.29, 0.717) is 44.5 Å². The van der Waals surface area contributed by atoms with E-state index >= 15 is 0 Å². The van der Waals surface area contributed by atoms with Crippen LogP contribution in [0.15, 0.2) is 40.9 Å². The Hall–Kier alpha value is -3.77. The van der Waals surface area contributed by atoms with Gasteiger partial charge in [0.15, 0.2) is 6.10 Å². The van der Waals surface area contributed by atoms with Crippen molar-refractivity contribution in [3.05, 3.63) is 47.5 Å². The third-order valence-corrected chi connectivity index (χ3v) is 5.91. The fraction of sp³-hybridized carbons (Fsp3) is 0.375. The molecule has 0 radical (unpaired) electrons. The topological polar surface area (TPSA) is 88.7 Å². The number of rotatable bonds is 8. The monoisotopic (exact) mass is 529 g/mol. The molecule has 1 atom stereocenters. The van der Waals surface area contributed by atoms with Crippen LogP contribution in [-0.2, 0) is 17.4 Å². The Balaban J connectivity index is 1.61. The number of fused-ring (bicyclic) bond motifs is 1. The highest BCUT2D eigenvalue weighted by Gasteiger charge is 2.41. The summed E-state index contributed by atoms with van der Waals surface area (Å²) in [4.78, 5) is 17.1. The molecule has 13 heteroatoms. The standard InChI is InChI=1S/C24H21F6N3O4/c1-13(23(25,26)27)36-19-8-7-14(12-17(19)24(28,29)30)22-31-21(32-37-22)16-4-2-5-18-15(16)9-11-33(18)10-3-6-20(34)35/h2,4-5,7-8,12-13H,3,6,9-11H2,1H3,(H,34,35). The first-order chi connectivity index (χ1) is 17.3. The van der Waals surface area contributed by atoms with E-state index in [9.17, 15) is 31.1 Å². The smallest absolute Gasteiger partial charge is 0.425 e. The average molecular weight is 529 g/mol. The average Bonchev–Trinajstić information content (AvgIpc) is 3.45. The number of aromatic nitrogens is 2. The molecule has 0 aliphatic carbocycles. The van der Waals surface area contributed by atoms with Crippen molar-refractivity contribution >= 4 is 11.7 Å². The first-order valence-corrected chi connectivity index (χ1v) is 11.2. The molecule has 2 aromatic carbocycles. The van der Waals surface area contributed by atoms with Crippen molar-refractivity contribution in [2.45, 2.75) is 44.6 Å². The van der Waals surface area contributed by atoms with Crippen LogP contribution in [0.2, 0.25) is 0 Å². The van der Waals surface area contributed by atoms with Gasteiger partial charge in [0.2, 0.25) is 5.82 Å². The van der Waals surface area contributed by atoms with Crippen LogP contribution in [-0.4, -0.2) is 46.6 Å². The molecule has 0 fully saturated rings. The number of hydrogen-bond donors (Lipinski definition) is 1. The van der Waals surface area contributed by atoms with Gasteiger partial charge in [-0.1, -0.05) is 17.3 Å². The summed E-state index contributed by atoms with van der Waals surface area (Å²) < 4.78 is 89.1. The zero-order chi connectivity index (χ0) is 27.0. The number of carboxylic acid groups (broad SMARTS) is 1. The van der Waals surface area contributed by atoms with Crippen molar-refractivity contribution in [3.63, 3.8) is 0 Å². The Labute approximate surface area is 206 Å². The van der Waals surface area contributed by atoms with Crippen LogP contribution in [0.25, 0.3) is 22.8 Å². The molecule has 2 heterocycles. The first kappa shape index (κ1) is 26.3. The van der Waals surface area contributed by atoms with E-state index in [1.54, 1.807) is 12.1 Å². The highest BCUT2D eigenvalue weighted by molar-refractivity contribution is 5.74. The Kier molecular flexibility index (Phi) is 7.07. The highest BCUT2D eigenvalue weighted by atomic mass is 19.4. The van der Waals surface area contributed by atoms with Crippen LogP contribution in [0.3, 0.4) is 0 Å². The molecule has 1 unspecified atom stereocenters. The van der Waals surface area contributed by atoms with Gasteiger partial charge in [0.25, 0.3) is 5.89 Å². The third-order valence-electron chi connectivity index (χ3n) is 5.91. The van der Waals surface area contributed by atoms with Crippen molar-refractivity contribution in [1.29, 1.82) is 0 Å². The summed E-state index contributed by atoms with van der Waals surface area (Å²) in [5, 5.41) is 12.8. The lowest BCUT2D eigenvalue weighted by molar-refractivity contribution is -0.191. The second-order valence-electron chi connectivity index (χ2n) is 8.47. The molecule has 3 aromatic rings. The predicted octanol–water partition coefficient (Wildman–Crippen LogP) is 5.98. The van der Waals surface area contributed by atoms with Gasteiger partial charge in [-0.25, -0.2) is 0 Å². The molecule has 0 amide bonds. The van der Waals surface area contributed by atoms with Gasteiger partial charge >= 0.3 is 18.3 Å². The molecule has 198 valence electrons. The summed E-state index contributed by atoms with van der Waals surface area (Å²) >= 11 is 0. The van der Waals surface area contributed by atoms with Gasteiger partial charge in [0, 0.05) is 36.3 Å². The number of hydrogen-bond acceptors (Lipinski definition) is 6. The van der Waals surface area contributed by atoms with Crippen molar-refractivity contribution in [2.75, 3.05) is 18.0 Å². The molecule has 1 aliphatic heterocycles. The second-order valence-corrected chi connectivity index (χ2v) is 8.47. The first-order valence-electron chi connectivity index (χ1n) is 11.2. The Morgan fingerprint density at radius 2 is 1.95 bits per heavy atom. The molecule has 1 aliphatic rings. The number of alkyl halides is 6. The van der Waals surface area contributed by atoms with Crippen molar-refractivity contribution < 1.29 is 45.5 Å². The van der Waals surface area contributed by atoms with Gasteiger partial charge in [0.1, 0.15) is 5.75 Å². The van der Waals surface area contributed by atoms with Crippen LogP contribution in [0, 0.1) is 0 Å². The van der Waals surface area contributed by atoms with E-state index in [2.05, 4.69) is 14.9 Å². The fourth-order valence-electron chi connectivity index (χ4n) is 4.06. The second kappa shape index (κ2) is 9.94. The summed E-state index contributed by atoms with van der Waals surface area (Å²) in [5.74, 6) is -1.95. The van der Waals surface area contributed by atoms with E-state index in [1.165, 1.54) is 0 Å². The largest absolute Gasteiger partial charge is 0.481 e. The minimum Gasteiger partial charge on any atom is -0.481 e. The predicted molar refractivity (Wildman–Crippen MR) is 119 cm³/mol. The van der Waals surface area contributed by atoms with E-state index in [-0.39, 0.29) is 23.7 Å². The molecule has 0 bridgehead atoms. The van der Waals surface area contributed by atoms with Crippen LogP contribution >= 0.6 is 0 Å². The van der Waals surface area contributed by atoms with Gasteiger partial charge in [-0.15, -0.1) is 0 Å². The lowest BCUT2D eigenvalue weighted by Gasteiger charge is -2.20. The van der Waals surface area contributed by atoms with Crippen molar-refractivity contribution in [1.82, 2.24) is 10.1 Å². The number of benzene rings is 2. The van der Waals surface area contributed by atoms with Gasteiger partial charge in [-0.3, -0.25) is 4.79 Å². The Morgan fingerprint density at radius 1 is 1.19 bits per heavy atom. The van der Waals surface area contributed by atoms with Gasteiger partial charge in [-0.2, -0.15) is 31.3 Å². The van der Waals surface area contributed by atoms with E-state index in [0.717, 1.165) is 23.4 Å². The summed E-state index contributed by atoms with van der Waals surface area (Å²) in [5.41, 5.74) is 0.850. The highest BCUT2D eigenvalue weighted by Crippen LogP contribution is 2.41. The third kappa shape index (κ3) is 5.81. The van der Waals surface area contributed by atoms with Crippen LogP contribution in [0.5, 0.6) is 5.75 Å². The van der Waals surface area contributed by atoms with Crippen molar-refractivity contribution in [2.24, 2.45) is 0 Å². The number of nitrogens with zero attached hydrogens (tertiary/aromatic N) is 3. The van der Waals surface area contributed by atoms with Crippen molar-refractivity contribution in [3.8, 4) is 28.6 Å². The maximum atomic E-state index is 13.6. The maximum absolute atomic E-state index is 13.6. The number of aliphatic carboxylic acids is 1. The molecule has 0 saturated carbocycles. The molecule has 1 aromatic heterocycles. The molecule has 0 spiro atoms. The SMILES string of the molecule is CC(Oc1ccc(-c2nc(-c3cccc4c3CCN4CCCC(=O)O)no2)cc1C(F)(F)F)C(F)(F)F. The fourth-order valence-corrected chi connectivity index (χ4v) is 4.06. The lowest BCUT2D eigenvalue weighted by atomic mass is 10.0. The number of ether oxygens (including phenoxy) is 1. The number of halogens is 6. The number of carbonyl (C=O) groups is 1. The summed E-state index contributed by atoms with van der Waals surface area (Å²) in [7, 11) is 0. The normalized spacial score (nSPS) is 14.5. The molecular formula is C24H21F6N3O4. The maximum Gasteiger partial charge on any atom is 0.425 e. The molecule has 7 nitrogen and oxygen atoms in total. The number of anilines is 1. The minimum atomic E-state index is -5.00. The van der Waals surface area contributed by atoms with Gasteiger partial charge < -0.3 is 19.3 Å². The lowest BCUT2D eigenvalue weighted by Crippen LogP contribution is -2.31. The van der Waals surface area contributed by atoms with Crippen LogP contribution < -0.4 is 9.64 Å². The minimum absolute atomic E-state index is 0.0403. The Bertz CT molecular complexity index is 1290. The molecule has 37 heavy (non-hydrogen) atoms. The van der Waals surface area contributed by atoms with E-state index in [1.807, 2.05) is 11.0 Å². The zero-order valence-electron chi connectivity index (χ0n) is 19.4. The Morgan fingerprint density at radius 3 is 2.62 bits per heavy atom. The summed E-state index contributed by atoms with van der Waals surface area (Å²) in [6.45, 7) is 1.81. The summed E-state index contributed by atoms with van der Waals surface area (Å²) in [6.07, 6.45) is -11.1. The molecule has 1 N–H and O–H groups in total. The van der Waals surface area contributed by atoms with Crippen LogP contribution in [0.4, 0.5) is 32.0 Å². The molecular weight excluding hydrogens is 508 g/mol. The molecule has 0 saturated heterocycles.